The zero-order chi connectivity index (χ0) is 20.5. The highest BCUT2D eigenvalue weighted by atomic mass is 35.5. The van der Waals surface area contributed by atoms with Crippen molar-refractivity contribution in [1.29, 1.82) is 0 Å². The second-order valence-electron chi connectivity index (χ2n) is 7.26. The van der Waals surface area contributed by atoms with Crippen LogP contribution in [-0.2, 0) is 14.3 Å². The Morgan fingerprint density at radius 3 is 2.64 bits per heavy atom. The maximum atomic E-state index is 12.3. The Bertz CT molecular complexity index is 662. The largest absolute Gasteiger partial charge is 0.379 e. The fourth-order valence-corrected chi connectivity index (χ4v) is 3.44. The third-order valence-corrected chi connectivity index (χ3v) is 5.44. The average Bonchev–Trinajstić information content (AvgIpc) is 2.65. The van der Waals surface area contributed by atoms with Crippen molar-refractivity contribution in [3.63, 3.8) is 0 Å². The van der Waals surface area contributed by atoms with Crippen LogP contribution in [0, 0.1) is 5.92 Å². The Morgan fingerprint density at radius 2 is 1.96 bits per heavy atom. The first-order chi connectivity index (χ1) is 13.4. The summed E-state index contributed by atoms with van der Waals surface area (Å²) in [6.45, 7) is 6.98. The molecule has 0 atom stereocenters. The molecule has 8 heteroatoms. The molecule has 2 amide bonds. The molecule has 6 nitrogen and oxygen atoms in total. The van der Waals surface area contributed by atoms with Crippen LogP contribution < -0.4 is 10.6 Å². The first kappa shape index (κ1) is 22.9. The van der Waals surface area contributed by atoms with Gasteiger partial charge in [0.1, 0.15) is 0 Å². The van der Waals surface area contributed by atoms with Crippen LogP contribution in [0.1, 0.15) is 33.1 Å². The number of anilines is 1. The summed E-state index contributed by atoms with van der Waals surface area (Å²) in [5.41, 5.74) is 0.509. The summed E-state index contributed by atoms with van der Waals surface area (Å²) in [6.07, 6.45) is 2.53. The Hall–Kier alpha value is -1.34. The van der Waals surface area contributed by atoms with Crippen molar-refractivity contribution in [3.8, 4) is 0 Å². The van der Waals surface area contributed by atoms with Gasteiger partial charge in [-0.1, -0.05) is 29.3 Å². The van der Waals surface area contributed by atoms with Crippen LogP contribution in [0.25, 0.3) is 0 Å². The molecule has 1 fully saturated rings. The second kappa shape index (κ2) is 11.6. The van der Waals surface area contributed by atoms with Crippen molar-refractivity contribution in [2.24, 2.45) is 5.92 Å². The molecule has 1 aliphatic rings. The van der Waals surface area contributed by atoms with Crippen molar-refractivity contribution >= 4 is 40.7 Å². The van der Waals surface area contributed by atoms with Gasteiger partial charge in [0.05, 0.1) is 28.4 Å². The van der Waals surface area contributed by atoms with E-state index in [1.807, 2.05) is 18.7 Å². The highest BCUT2D eigenvalue weighted by molar-refractivity contribution is 6.44. The van der Waals surface area contributed by atoms with Gasteiger partial charge >= 0.3 is 0 Å². The first-order valence-electron chi connectivity index (χ1n) is 9.72. The predicted molar refractivity (Wildman–Crippen MR) is 113 cm³/mol. The smallest absolute Gasteiger partial charge is 0.238 e. The Morgan fingerprint density at radius 1 is 1.25 bits per heavy atom. The lowest BCUT2D eigenvalue weighted by molar-refractivity contribution is -0.126. The van der Waals surface area contributed by atoms with Gasteiger partial charge in [-0.3, -0.25) is 14.5 Å². The van der Waals surface area contributed by atoms with Gasteiger partial charge in [-0.2, -0.15) is 0 Å². The van der Waals surface area contributed by atoms with Gasteiger partial charge in [0.15, 0.2) is 0 Å². The van der Waals surface area contributed by atoms with E-state index < -0.39 is 0 Å². The number of hydrogen-bond donors (Lipinski definition) is 2. The van der Waals surface area contributed by atoms with E-state index >= 15 is 0 Å². The molecule has 0 aromatic heterocycles. The Kier molecular flexibility index (Phi) is 9.51. The highest BCUT2D eigenvalue weighted by Gasteiger charge is 2.25. The zero-order valence-electron chi connectivity index (χ0n) is 16.5. The maximum Gasteiger partial charge on any atom is 0.238 e. The minimum absolute atomic E-state index is 0.00713. The number of likely N-dealkylation sites (tertiary alicyclic amines) is 1. The minimum Gasteiger partial charge on any atom is -0.379 e. The third-order valence-electron chi connectivity index (χ3n) is 4.62. The molecule has 28 heavy (non-hydrogen) atoms. The van der Waals surface area contributed by atoms with Crippen LogP contribution in [0.3, 0.4) is 0 Å². The molecule has 1 saturated heterocycles. The van der Waals surface area contributed by atoms with Crippen LogP contribution in [0.4, 0.5) is 5.69 Å². The topological polar surface area (TPSA) is 70.7 Å². The number of ether oxygens (including phenoxy) is 1. The van der Waals surface area contributed by atoms with Crippen LogP contribution in [0.2, 0.25) is 10.0 Å². The van der Waals surface area contributed by atoms with E-state index in [0.29, 0.717) is 42.0 Å². The standard InChI is InChI=1S/C20H29Cl2N3O3/c1-14(2)28-12-4-9-23-20(27)15-7-10-25(11-8-15)13-18(26)24-17-6-3-5-16(21)19(17)22/h3,5-6,14-15H,4,7-13H2,1-2H3,(H,23,27)(H,24,26). The van der Waals surface area contributed by atoms with Crippen LogP contribution in [-0.4, -0.2) is 55.6 Å². The summed E-state index contributed by atoms with van der Waals surface area (Å²) >= 11 is 12.1. The van der Waals surface area contributed by atoms with E-state index in [2.05, 4.69) is 10.6 Å². The second-order valence-corrected chi connectivity index (χ2v) is 8.05. The third kappa shape index (κ3) is 7.59. The molecule has 1 aliphatic heterocycles. The quantitative estimate of drug-likeness (QED) is 0.588. The lowest BCUT2D eigenvalue weighted by Crippen LogP contribution is -2.43. The molecule has 2 rings (SSSR count). The van der Waals surface area contributed by atoms with Crippen LogP contribution >= 0.6 is 23.2 Å². The molecule has 1 heterocycles. The highest BCUT2D eigenvalue weighted by Crippen LogP contribution is 2.29. The van der Waals surface area contributed by atoms with Crippen molar-refractivity contribution in [1.82, 2.24) is 10.2 Å². The molecule has 0 bridgehead atoms. The number of carbonyl (C=O) groups is 2. The minimum atomic E-state index is -0.141. The number of halogens is 2. The maximum absolute atomic E-state index is 12.3. The number of carbonyl (C=O) groups excluding carboxylic acids is 2. The van der Waals surface area contributed by atoms with Gasteiger partial charge in [0.2, 0.25) is 11.8 Å². The van der Waals surface area contributed by atoms with Gasteiger partial charge in [-0.15, -0.1) is 0 Å². The lowest BCUT2D eigenvalue weighted by Gasteiger charge is -2.30. The molecule has 0 spiro atoms. The fourth-order valence-electron chi connectivity index (χ4n) is 3.09. The number of rotatable bonds is 9. The van der Waals surface area contributed by atoms with Crippen molar-refractivity contribution in [3.05, 3.63) is 28.2 Å². The van der Waals surface area contributed by atoms with Crippen LogP contribution in [0.15, 0.2) is 18.2 Å². The summed E-state index contributed by atoms with van der Waals surface area (Å²) in [4.78, 5) is 26.6. The lowest BCUT2D eigenvalue weighted by atomic mass is 9.96. The van der Waals surface area contributed by atoms with Crippen molar-refractivity contribution in [2.75, 3.05) is 38.1 Å². The Labute approximate surface area is 176 Å². The summed E-state index contributed by atoms with van der Waals surface area (Å²) in [5.74, 6) is -0.0377. The number of amides is 2. The van der Waals surface area contributed by atoms with Crippen molar-refractivity contribution < 1.29 is 14.3 Å². The Balaban J connectivity index is 1.66. The van der Waals surface area contributed by atoms with E-state index in [1.54, 1.807) is 18.2 Å². The van der Waals surface area contributed by atoms with Gasteiger partial charge in [-0.25, -0.2) is 0 Å². The molecule has 0 radical (unpaired) electrons. The molecule has 2 N–H and O–H groups in total. The monoisotopic (exact) mass is 429 g/mol. The predicted octanol–water partition coefficient (Wildman–Crippen LogP) is 3.58. The number of nitrogens with zero attached hydrogens (tertiary/aromatic N) is 1. The summed E-state index contributed by atoms with van der Waals surface area (Å²) < 4.78 is 5.47. The molecule has 1 aromatic carbocycles. The average molecular weight is 430 g/mol. The van der Waals surface area contributed by atoms with Crippen LogP contribution in [0.5, 0.6) is 0 Å². The first-order valence-corrected chi connectivity index (χ1v) is 10.5. The van der Waals surface area contributed by atoms with Gasteiger partial charge in [-0.05, 0) is 58.3 Å². The SMILES string of the molecule is CC(C)OCCCNC(=O)C1CCN(CC(=O)Nc2cccc(Cl)c2Cl)CC1. The number of hydrogen-bond acceptors (Lipinski definition) is 4. The fraction of sp³-hybridized carbons (Fsp3) is 0.600. The van der Waals surface area contributed by atoms with E-state index in [0.717, 1.165) is 19.3 Å². The molecule has 1 aromatic rings. The molecule has 0 saturated carbocycles. The number of piperidine rings is 1. The zero-order valence-corrected chi connectivity index (χ0v) is 18.0. The summed E-state index contributed by atoms with van der Waals surface area (Å²) in [5, 5.41) is 6.52. The molecular formula is C20H29Cl2N3O3. The van der Waals surface area contributed by atoms with E-state index in [1.165, 1.54) is 0 Å². The summed E-state index contributed by atoms with van der Waals surface area (Å²) in [7, 11) is 0. The molecule has 0 unspecified atom stereocenters. The molecule has 0 aliphatic carbocycles. The molecule has 156 valence electrons. The van der Waals surface area contributed by atoms with E-state index in [-0.39, 0.29) is 30.4 Å². The van der Waals surface area contributed by atoms with E-state index in [4.69, 9.17) is 27.9 Å². The molecular weight excluding hydrogens is 401 g/mol. The normalized spacial score (nSPS) is 15.6. The van der Waals surface area contributed by atoms with Gasteiger partial charge in [0.25, 0.3) is 0 Å². The number of benzene rings is 1. The van der Waals surface area contributed by atoms with E-state index in [9.17, 15) is 9.59 Å². The van der Waals surface area contributed by atoms with Gasteiger partial charge < -0.3 is 15.4 Å². The number of nitrogens with one attached hydrogen (secondary N) is 2. The summed E-state index contributed by atoms with van der Waals surface area (Å²) in [6, 6.07) is 5.13. The van der Waals surface area contributed by atoms with Gasteiger partial charge in [0, 0.05) is 19.1 Å². The van der Waals surface area contributed by atoms with Crippen molar-refractivity contribution in [2.45, 2.75) is 39.2 Å².